The molecule has 0 spiro atoms. The molecule has 2 aliphatic heterocycles. The molecule has 23 heavy (non-hydrogen) atoms. The quantitative estimate of drug-likeness (QED) is 0.802. The minimum Gasteiger partial charge on any atom is -0.340 e. The Kier molecular flexibility index (Phi) is 4.46. The molecule has 3 amide bonds. The molecule has 2 aliphatic rings. The number of piperidine rings is 1. The van der Waals surface area contributed by atoms with Gasteiger partial charge in [-0.1, -0.05) is 19.1 Å². The summed E-state index contributed by atoms with van der Waals surface area (Å²) in [5.74, 6) is -0.262. The Morgan fingerprint density at radius 2 is 1.78 bits per heavy atom. The summed E-state index contributed by atoms with van der Waals surface area (Å²) in [5, 5.41) is 0. The van der Waals surface area contributed by atoms with E-state index in [0.29, 0.717) is 30.5 Å². The van der Waals surface area contributed by atoms with Crippen LogP contribution in [0.1, 0.15) is 59.7 Å². The number of carbonyl (C=O) groups excluding carboxylic acids is 3. The Bertz CT molecular complexity index is 606. The van der Waals surface area contributed by atoms with Crippen LogP contribution in [0.25, 0.3) is 0 Å². The van der Waals surface area contributed by atoms with Crippen molar-refractivity contribution in [3.8, 4) is 0 Å². The molecule has 1 aromatic rings. The number of fused-ring (bicyclic) bond motifs is 1. The molecule has 1 saturated heterocycles. The number of likely N-dealkylation sites (tertiary alicyclic amines) is 1. The summed E-state index contributed by atoms with van der Waals surface area (Å²) in [5.41, 5.74) is 0.977. The lowest BCUT2D eigenvalue weighted by molar-refractivity contribution is -0.134. The fourth-order valence-corrected chi connectivity index (χ4v) is 3.55. The van der Waals surface area contributed by atoms with Gasteiger partial charge in [-0.2, -0.15) is 0 Å². The second-order valence-corrected chi connectivity index (χ2v) is 6.19. The SMILES string of the molecule is CCC(=O)N1CCCCC1CCN1C(=O)c2ccccc2C1=O. The molecule has 1 fully saturated rings. The van der Waals surface area contributed by atoms with Gasteiger partial charge < -0.3 is 4.90 Å². The van der Waals surface area contributed by atoms with E-state index >= 15 is 0 Å². The van der Waals surface area contributed by atoms with Crippen molar-refractivity contribution in [1.82, 2.24) is 9.80 Å². The summed E-state index contributed by atoms with van der Waals surface area (Å²) in [6.45, 7) is 3.04. The monoisotopic (exact) mass is 314 g/mol. The molecular weight excluding hydrogens is 292 g/mol. The number of imide groups is 1. The lowest BCUT2D eigenvalue weighted by Crippen LogP contribution is -2.45. The molecule has 0 saturated carbocycles. The fraction of sp³-hybridized carbons (Fsp3) is 0.500. The third-order valence-electron chi connectivity index (χ3n) is 4.81. The van der Waals surface area contributed by atoms with Crippen molar-refractivity contribution in [3.63, 3.8) is 0 Å². The van der Waals surface area contributed by atoms with Gasteiger partial charge in [0, 0.05) is 25.6 Å². The number of nitrogens with zero attached hydrogens (tertiary/aromatic N) is 2. The second kappa shape index (κ2) is 6.52. The van der Waals surface area contributed by atoms with Gasteiger partial charge in [0.25, 0.3) is 11.8 Å². The van der Waals surface area contributed by atoms with E-state index in [-0.39, 0.29) is 23.8 Å². The largest absolute Gasteiger partial charge is 0.340 e. The van der Waals surface area contributed by atoms with Crippen LogP contribution in [0.3, 0.4) is 0 Å². The highest BCUT2D eigenvalue weighted by molar-refractivity contribution is 6.21. The number of carbonyl (C=O) groups is 3. The molecule has 0 aliphatic carbocycles. The summed E-state index contributed by atoms with van der Waals surface area (Å²) >= 11 is 0. The maximum absolute atomic E-state index is 12.4. The van der Waals surface area contributed by atoms with Gasteiger partial charge in [0.1, 0.15) is 0 Å². The maximum atomic E-state index is 12.4. The molecule has 122 valence electrons. The number of amides is 3. The van der Waals surface area contributed by atoms with Crippen molar-refractivity contribution in [1.29, 1.82) is 0 Å². The summed E-state index contributed by atoms with van der Waals surface area (Å²) in [6, 6.07) is 7.08. The Labute approximate surface area is 136 Å². The minimum absolute atomic E-state index is 0.139. The Hall–Kier alpha value is -2.17. The maximum Gasteiger partial charge on any atom is 0.261 e. The Balaban J connectivity index is 1.68. The van der Waals surface area contributed by atoms with Gasteiger partial charge in [-0.15, -0.1) is 0 Å². The summed E-state index contributed by atoms with van der Waals surface area (Å²) in [6.07, 6.45) is 4.26. The van der Waals surface area contributed by atoms with Crippen LogP contribution in [0, 0.1) is 0 Å². The van der Waals surface area contributed by atoms with Gasteiger partial charge in [-0.05, 0) is 37.8 Å². The molecule has 0 aromatic heterocycles. The van der Waals surface area contributed by atoms with Crippen LogP contribution in [0.4, 0.5) is 0 Å². The highest BCUT2D eigenvalue weighted by atomic mass is 16.2. The topological polar surface area (TPSA) is 57.7 Å². The van der Waals surface area contributed by atoms with Gasteiger partial charge in [0.2, 0.25) is 5.91 Å². The molecule has 3 rings (SSSR count). The third kappa shape index (κ3) is 2.87. The molecule has 1 atom stereocenters. The first kappa shape index (κ1) is 15.7. The van der Waals surface area contributed by atoms with E-state index in [9.17, 15) is 14.4 Å². The van der Waals surface area contributed by atoms with Gasteiger partial charge in [-0.25, -0.2) is 0 Å². The zero-order valence-corrected chi connectivity index (χ0v) is 13.5. The van der Waals surface area contributed by atoms with Crippen LogP contribution in [0.2, 0.25) is 0 Å². The van der Waals surface area contributed by atoms with Crippen LogP contribution >= 0.6 is 0 Å². The van der Waals surface area contributed by atoms with Gasteiger partial charge in [0.05, 0.1) is 11.1 Å². The van der Waals surface area contributed by atoms with Crippen molar-refractivity contribution >= 4 is 17.7 Å². The Morgan fingerprint density at radius 3 is 2.39 bits per heavy atom. The van der Waals surface area contributed by atoms with Crippen LogP contribution in [0.15, 0.2) is 24.3 Å². The van der Waals surface area contributed by atoms with Gasteiger partial charge >= 0.3 is 0 Å². The third-order valence-corrected chi connectivity index (χ3v) is 4.81. The molecule has 0 N–H and O–H groups in total. The van der Waals surface area contributed by atoms with Crippen molar-refractivity contribution in [3.05, 3.63) is 35.4 Å². The summed E-state index contributed by atoms with van der Waals surface area (Å²) in [4.78, 5) is 40.1. The van der Waals surface area contributed by atoms with E-state index in [1.165, 1.54) is 4.90 Å². The van der Waals surface area contributed by atoms with Gasteiger partial charge in [0.15, 0.2) is 0 Å². The fourth-order valence-electron chi connectivity index (χ4n) is 3.55. The van der Waals surface area contributed by atoms with E-state index in [0.717, 1.165) is 25.8 Å². The predicted octanol–water partition coefficient (Wildman–Crippen LogP) is 2.46. The normalized spacial score (nSPS) is 20.8. The molecule has 2 heterocycles. The van der Waals surface area contributed by atoms with Crippen molar-refractivity contribution in [2.24, 2.45) is 0 Å². The van der Waals surface area contributed by atoms with Crippen molar-refractivity contribution < 1.29 is 14.4 Å². The standard InChI is InChI=1S/C18H22N2O3/c1-2-16(21)19-11-6-5-7-13(19)10-12-20-17(22)14-8-3-4-9-15(14)18(20)23/h3-4,8-9,13H,2,5-7,10-12H2,1H3. The lowest BCUT2D eigenvalue weighted by Gasteiger charge is -2.36. The van der Waals surface area contributed by atoms with Crippen LogP contribution < -0.4 is 0 Å². The highest BCUT2D eigenvalue weighted by Crippen LogP contribution is 2.25. The smallest absolute Gasteiger partial charge is 0.261 e. The summed E-state index contributed by atoms with van der Waals surface area (Å²) < 4.78 is 0. The minimum atomic E-state index is -0.213. The van der Waals surface area contributed by atoms with Crippen LogP contribution in [-0.2, 0) is 4.79 Å². The van der Waals surface area contributed by atoms with E-state index in [1.807, 2.05) is 11.8 Å². The number of hydrogen-bond acceptors (Lipinski definition) is 3. The highest BCUT2D eigenvalue weighted by Gasteiger charge is 2.36. The first-order valence-electron chi connectivity index (χ1n) is 8.38. The van der Waals surface area contributed by atoms with Gasteiger partial charge in [-0.3, -0.25) is 19.3 Å². The first-order valence-corrected chi connectivity index (χ1v) is 8.38. The van der Waals surface area contributed by atoms with E-state index in [1.54, 1.807) is 24.3 Å². The average Bonchev–Trinajstić information content (AvgIpc) is 2.84. The van der Waals surface area contributed by atoms with Crippen molar-refractivity contribution in [2.45, 2.75) is 45.1 Å². The zero-order valence-electron chi connectivity index (χ0n) is 13.5. The number of rotatable bonds is 4. The molecule has 1 aromatic carbocycles. The lowest BCUT2D eigenvalue weighted by atomic mass is 9.98. The second-order valence-electron chi connectivity index (χ2n) is 6.19. The van der Waals surface area contributed by atoms with Crippen molar-refractivity contribution in [2.75, 3.05) is 13.1 Å². The zero-order chi connectivity index (χ0) is 16.4. The molecule has 5 nitrogen and oxygen atoms in total. The van der Waals surface area contributed by atoms with Crippen LogP contribution in [-0.4, -0.2) is 46.7 Å². The van der Waals surface area contributed by atoms with Crippen LogP contribution in [0.5, 0.6) is 0 Å². The van der Waals surface area contributed by atoms with E-state index < -0.39 is 0 Å². The van der Waals surface area contributed by atoms with E-state index in [4.69, 9.17) is 0 Å². The molecule has 1 unspecified atom stereocenters. The Morgan fingerprint density at radius 1 is 1.13 bits per heavy atom. The first-order chi connectivity index (χ1) is 11.1. The number of benzene rings is 1. The predicted molar refractivity (Wildman–Crippen MR) is 86.1 cm³/mol. The van der Waals surface area contributed by atoms with E-state index in [2.05, 4.69) is 0 Å². The molecule has 0 bridgehead atoms. The summed E-state index contributed by atoms with van der Waals surface area (Å²) in [7, 11) is 0. The molecular formula is C18H22N2O3. The molecule has 5 heteroatoms. The number of hydrogen-bond donors (Lipinski definition) is 0. The molecule has 0 radical (unpaired) electrons. The average molecular weight is 314 g/mol.